The van der Waals surface area contributed by atoms with E-state index in [-0.39, 0.29) is 5.91 Å². The van der Waals surface area contributed by atoms with Gasteiger partial charge >= 0.3 is 5.97 Å². The standard InChI is InChI=1S/C14H17NO3/c1-9-4-5-11(8-10(9)2)15(3)12(16)14(6-7-14)13(17)18/h4-5,8H,6-7H2,1-3H3,(H,17,18). The summed E-state index contributed by atoms with van der Waals surface area (Å²) in [5, 5.41) is 9.12. The Labute approximate surface area is 106 Å². The number of carboxylic acids is 1. The van der Waals surface area contributed by atoms with E-state index in [0.29, 0.717) is 12.8 Å². The van der Waals surface area contributed by atoms with E-state index in [0.717, 1.165) is 16.8 Å². The Balaban J connectivity index is 2.26. The molecule has 0 unspecified atom stereocenters. The first-order chi connectivity index (χ1) is 8.38. The molecule has 1 saturated carbocycles. The van der Waals surface area contributed by atoms with Gasteiger partial charge in [-0.2, -0.15) is 0 Å². The van der Waals surface area contributed by atoms with Crippen LogP contribution >= 0.6 is 0 Å². The molecule has 0 aromatic heterocycles. The zero-order chi connectivity index (χ0) is 13.5. The van der Waals surface area contributed by atoms with Gasteiger partial charge in [-0.1, -0.05) is 6.07 Å². The minimum atomic E-state index is -1.17. The van der Waals surface area contributed by atoms with Crippen molar-refractivity contribution in [2.75, 3.05) is 11.9 Å². The molecule has 4 nitrogen and oxygen atoms in total. The number of aliphatic carboxylic acids is 1. The van der Waals surface area contributed by atoms with Crippen molar-refractivity contribution in [2.45, 2.75) is 26.7 Å². The van der Waals surface area contributed by atoms with Crippen LogP contribution in [0.5, 0.6) is 0 Å². The highest BCUT2D eigenvalue weighted by atomic mass is 16.4. The number of rotatable bonds is 3. The Kier molecular flexibility index (Phi) is 2.89. The second kappa shape index (κ2) is 4.12. The molecule has 0 saturated heterocycles. The van der Waals surface area contributed by atoms with E-state index in [4.69, 9.17) is 5.11 Å². The van der Waals surface area contributed by atoms with Crippen molar-refractivity contribution in [3.05, 3.63) is 29.3 Å². The van der Waals surface area contributed by atoms with Crippen LogP contribution in [0.1, 0.15) is 24.0 Å². The molecule has 0 spiro atoms. The summed E-state index contributed by atoms with van der Waals surface area (Å²) >= 11 is 0. The fourth-order valence-corrected chi connectivity index (χ4v) is 2.02. The van der Waals surface area contributed by atoms with Gasteiger partial charge in [0, 0.05) is 12.7 Å². The summed E-state index contributed by atoms with van der Waals surface area (Å²) in [5.41, 5.74) is 1.81. The third-order valence-corrected chi connectivity index (χ3v) is 3.75. The molecule has 4 heteroatoms. The van der Waals surface area contributed by atoms with Crippen LogP contribution in [0.15, 0.2) is 18.2 Å². The molecular formula is C14H17NO3. The number of hydrogen-bond acceptors (Lipinski definition) is 2. The lowest BCUT2D eigenvalue weighted by molar-refractivity contribution is -0.148. The van der Waals surface area contributed by atoms with Crippen LogP contribution in [0.3, 0.4) is 0 Å². The molecule has 96 valence electrons. The van der Waals surface area contributed by atoms with E-state index < -0.39 is 11.4 Å². The number of hydrogen-bond donors (Lipinski definition) is 1. The monoisotopic (exact) mass is 247 g/mol. The minimum Gasteiger partial charge on any atom is -0.480 e. The number of carbonyl (C=O) groups is 2. The second-order valence-electron chi connectivity index (χ2n) is 5.02. The summed E-state index contributed by atoms with van der Waals surface area (Å²) in [6.45, 7) is 3.97. The number of amides is 1. The Morgan fingerprint density at radius 1 is 1.22 bits per heavy atom. The number of benzene rings is 1. The van der Waals surface area contributed by atoms with Gasteiger partial charge in [0.15, 0.2) is 0 Å². The van der Waals surface area contributed by atoms with Crippen LogP contribution < -0.4 is 4.90 Å². The summed E-state index contributed by atoms with van der Waals surface area (Å²) in [7, 11) is 1.63. The van der Waals surface area contributed by atoms with Crippen molar-refractivity contribution in [1.29, 1.82) is 0 Å². The summed E-state index contributed by atoms with van der Waals surface area (Å²) < 4.78 is 0. The number of carbonyl (C=O) groups excluding carboxylic acids is 1. The average Bonchev–Trinajstić information content (AvgIpc) is 3.12. The molecule has 1 aliphatic rings. The summed E-state index contributed by atoms with van der Waals surface area (Å²) in [6.07, 6.45) is 0.882. The molecule has 1 aromatic carbocycles. The number of nitrogens with zero attached hydrogens (tertiary/aromatic N) is 1. The Hall–Kier alpha value is -1.84. The maximum absolute atomic E-state index is 12.2. The van der Waals surface area contributed by atoms with Gasteiger partial charge in [-0.05, 0) is 49.9 Å². The van der Waals surface area contributed by atoms with Gasteiger partial charge in [0.25, 0.3) is 0 Å². The van der Waals surface area contributed by atoms with Crippen LogP contribution in [0, 0.1) is 19.3 Å². The number of anilines is 1. The largest absolute Gasteiger partial charge is 0.480 e. The highest BCUT2D eigenvalue weighted by molar-refractivity contribution is 6.11. The van der Waals surface area contributed by atoms with Crippen LogP contribution in [0.25, 0.3) is 0 Å². The second-order valence-corrected chi connectivity index (χ2v) is 5.02. The topological polar surface area (TPSA) is 57.6 Å². The van der Waals surface area contributed by atoms with E-state index in [1.54, 1.807) is 7.05 Å². The Bertz CT molecular complexity index is 518. The van der Waals surface area contributed by atoms with Gasteiger partial charge in [-0.3, -0.25) is 9.59 Å². The smallest absolute Gasteiger partial charge is 0.319 e. The molecule has 2 rings (SSSR count). The Morgan fingerprint density at radius 3 is 2.28 bits per heavy atom. The van der Waals surface area contributed by atoms with E-state index in [1.807, 2.05) is 32.0 Å². The molecule has 1 fully saturated rings. The first-order valence-corrected chi connectivity index (χ1v) is 5.97. The first kappa shape index (κ1) is 12.6. The van der Waals surface area contributed by atoms with Crippen LogP contribution in [-0.2, 0) is 9.59 Å². The molecule has 0 aliphatic heterocycles. The highest BCUT2D eigenvalue weighted by Crippen LogP contribution is 2.47. The third kappa shape index (κ3) is 1.88. The van der Waals surface area contributed by atoms with Crippen molar-refractivity contribution < 1.29 is 14.7 Å². The van der Waals surface area contributed by atoms with Crippen LogP contribution in [0.4, 0.5) is 5.69 Å². The lowest BCUT2D eigenvalue weighted by Crippen LogP contribution is -2.38. The lowest BCUT2D eigenvalue weighted by Gasteiger charge is -2.22. The van der Waals surface area contributed by atoms with Gasteiger partial charge in [-0.15, -0.1) is 0 Å². The number of carboxylic acid groups (broad SMARTS) is 1. The zero-order valence-electron chi connectivity index (χ0n) is 10.9. The van der Waals surface area contributed by atoms with E-state index in [9.17, 15) is 9.59 Å². The SMILES string of the molecule is Cc1ccc(N(C)C(=O)C2(C(=O)O)CC2)cc1C. The molecule has 0 bridgehead atoms. The molecule has 0 radical (unpaired) electrons. The summed E-state index contributed by atoms with van der Waals surface area (Å²) in [4.78, 5) is 24.8. The predicted molar refractivity (Wildman–Crippen MR) is 68.6 cm³/mol. The van der Waals surface area contributed by atoms with E-state index in [2.05, 4.69) is 0 Å². The van der Waals surface area contributed by atoms with E-state index in [1.165, 1.54) is 4.90 Å². The molecule has 18 heavy (non-hydrogen) atoms. The van der Waals surface area contributed by atoms with Crippen LogP contribution in [0.2, 0.25) is 0 Å². The van der Waals surface area contributed by atoms with E-state index >= 15 is 0 Å². The highest BCUT2D eigenvalue weighted by Gasteiger charge is 2.58. The predicted octanol–water partition coefficient (Wildman–Crippen LogP) is 2.13. The van der Waals surface area contributed by atoms with Crippen molar-refractivity contribution in [1.82, 2.24) is 0 Å². The lowest BCUT2D eigenvalue weighted by atomic mass is 10.0. The van der Waals surface area contributed by atoms with Gasteiger partial charge in [0.05, 0.1) is 0 Å². The summed E-state index contributed by atoms with van der Waals surface area (Å²) in [5.74, 6) is -1.33. The van der Waals surface area contributed by atoms with Gasteiger partial charge in [0.1, 0.15) is 5.41 Å². The quantitative estimate of drug-likeness (QED) is 0.832. The minimum absolute atomic E-state index is 0.321. The molecule has 1 aliphatic carbocycles. The molecule has 1 N–H and O–H groups in total. The zero-order valence-corrected chi connectivity index (χ0v) is 10.9. The van der Waals surface area contributed by atoms with Crippen molar-refractivity contribution in [3.63, 3.8) is 0 Å². The number of aryl methyl sites for hydroxylation is 2. The van der Waals surface area contributed by atoms with Gasteiger partial charge in [0.2, 0.25) is 5.91 Å². The third-order valence-electron chi connectivity index (χ3n) is 3.75. The fourth-order valence-electron chi connectivity index (χ4n) is 2.02. The van der Waals surface area contributed by atoms with Crippen molar-refractivity contribution in [2.24, 2.45) is 5.41 Å². The van der Waals surface area contributed by atoms with Crippen molar-refractivity contribution >= 4 is 17.6 Å². The van der Waals surface area contributed by atoms with Crippen LogP contribution in [-0.4, -0.2) is 24.0 Å². The molecule has 0 heterocycles. The van der Waals surface area contributed by atoms with Gasteiger partial charge in [-0.25, -0.2) is 0 Å². The maximum Gasteiger partial charge on any atom is 0.319 e. The molecular weight excluding hydrogens is 230 g/mol. The average molecular weight is 247 g/mol. The first-order valence-electron chi connectivity index (χ1n) is 5.97. The maximum atomic E-state index is 12.2. The van der Waals surface area contributed by atoms with Crippen molar-refractivity contribution in [3.8, 4) is 0 Å². The normalized spacial score (nSPS) is 16.2. The fraction of sp³-hybridized carbons (Fsp3) is 0.429. The Morgan fingerprint density at radius 2 is 1.83 bits per heavy atom. The molecule has 1 aromatic rings. The molecule has 0 atom stereocenters. The summed E-state index contributed by atoms with van der Waals surface area (Å²) in [6, 6.07) is 5.69. The molecule has 1 amide bonds. The van der Waals surface area contributed by atoms with Gasteiger partial charge < -0.3 is 10.0 Å².